The highest BCUT2D eigenvalue weighted by atomic mass is 19.4. The van der Waals surface area contributed by atoms with Crippen molar-refractivity contribution >= 4 is 0 Å². The molecule has 0 aromatic heterocycles. The lowest BCUT2D eigenvalue weighted by Gasteiger charge is -2.38. The molecule has 1 heterocycles. The minimum atomic E-state index is -5.66. The van der Waals surface area contributed by atoms with Gasteiger partial charge in [0, 0.05) is 6.61 Å². The van der Waals surface area contributed by atoms with Crippen molar-refractivity contribution in [3.05, 3.63) is 59.7 Å². The molecule has 10 heteroatoms. The maximum Gasteiger partial charge on any atom is 0.411 e. The molecule has 1 aliphatic heterocycles. The van der Waals surface area contributed by atoms with Crippen molar-refractivity contribution in [2.45, 2.75) is 30.8 Å². The topological polar surface area (TPSA) is 40.2 Å². The molecule has 170 valence electrons. The molecule has 1 fully saturated rings. The van der Waals surface area contributed by atoms with E-state index in [-0.39, 0.29) is 31.0 Å². The fourth-order valence-corrected chi connectivity index (χ4v) is 3.13. The van der Waals surface area contributed by atoms with Crippen LogP contribution in [0.25, 0.3) is 0 Å². The summed E-state index contributed by atoms with van der Waals surface area (Å²) in [4.78, 5) is 0. The van der Waals surface area contributed by atoms with E-state index in [1.165, 1.54) is 0 Å². The summed E-state index contributed by atoms with van der Waals surface area (Å²) in [6.45, 7) is 2.56. The second kappa shape index (κ2) is 8.96. The number of benzene rings is 2. The van der Waals surface area contributed by atoms with Crippen LogP contribution in [-0.2, 0) is 14.9 Å². The Morgan fingerprint density at radius 1 is 0.806 bits per heavy atom. The van der Waals surface area contributed by atoms with E-state index >= 15 is 0 Å². The van der Waals surface area contributed by atoms with Crippen LogP contribution < -0.4 is 9.47 Å². The quantitative estimate of drug-likeness (QED) is 0.227. The fourth-order valence-electron chi connectivity index (χ4n) is 3.13. The molecule has 1 unspecified atom stereocenters. The molecule has 0 bridgehead atoms. The smallest absolute Gasteiger partial charge is 0.411 e. The number of alkyl halides is 6. The summed E-state index contributed by atoms with van der Waals surface area (Å²) in [6, 6.07) is 7.36. The first kappa shape index (κ1) is 23.2. The Hall–Kier alpha value is -2.46. The Bertz CT molecular complexity index is 828. The second-order valence-corrected chi connectivity index (χ2v) is 6.82. The molecule has 2 aromatic carbocycles. The van der Waals surface area contributed by atoms with Gasteiger partial charge in [-0.3, -0.25) is 0 Å². The molecule has 2 aromatic rings. The van der Waals surface area contributed by atoms with Gasteiger partial charge in [-0.25, -0.2) is 0 Å². The lowest BCUT2D eigenvalue weighted by atomic mass is 9.73. The summed E-state index contributed by atoms with van der Waals surface area (Å²) in [7, 11) is 0. The minimum Gasteiger partial charge on any atom is -0.491 e. The molecule has 3 rings (SSSR count). The van der Waals surface area contributed by atoms with Crippen LogP contribution in [0.1, 0.15) is 18.1 Å². The summed E-state index contributed by atoms with van der Waals surface area (Å²) in [5.41, 5.74) is -6.17. The van der Waals surface area contributed by atoms with Crippen molar-refractivity contribution in [3.63, 3.8) is 0 Å². The normalized spacial score (nSPS) is 16.8. The van der Waals surface area contributed by atoms with E-state index in [0.717, 1.165) is 48.5 Å². The van der Waals surface area contributed by atoms with E-state index in [1.807, 2.05) is 0 Å². The number of rotatable bonds is 9. The maximum atomic E-state index is 14.1. The lowest BCUT2D eigenvalue weighted by molar-refractivity contribution is -0.288. The molecule has 1 atom stereocenters. The Morgan fingerprint density at radius 3 is 1.65 bits per heavy atom. The standard InChI is InChI=1S/C21H20F6O4/c1-2-28-13-31-17-9-5-15(6-10-17)19(20(22,23)24,21(25,26)27)14-3-7-16(8-4-14)29-11-18-12-30-18/h3-10,18H,2,11-13H2,1H3. The molecule has 0 radical (unpaired) electrons. The van der Waals surface area contributed by atoms with E-state index in [9.17, 15) is 26.3 Å². The molecule has 1 saturated heterocycles. The largest absolute Gasteiger partial charge is 0.491 e. The average Bonchev–Trinajstić information content (AvgIpc) is 3.51. The molecular formula is C21H20F6O4. The van der Waals surface area contributed by atoms with Gasteiger partial charge >= 0.3 is 12.4 Å². The van der Waals surface area contributed by atoms with Crippen molar-refractivity contribution in [1.82, 2.24) is 0 Å². The molecule has 0 spiro atoms. The van der Waals surface area contributed by atoms with Gasteiger partial charge in [-0.2, -0.15) is 26.3 Å². The van der Waals surface area contributed by atoms with Crippen molar-refractivity contribution in [1.29, 1.82) is 0 Å². The third-order valence-corrected chi connectivity index (χ3v) is 4.78. The highest BCUT2D eigenvalue weighted by Gasteiger charge is 2.72. The van der Waals surface area contributed by atoms with E-state index in [1.54, 1.807) is 6.92 Å². The third-order valence-electron chi connectivity index (χ3n) is 4.78. The van der Waals surface area contributed by atoms with Crippen LogP contribution in [0.3, 0.4) is 0 Å². The lowest BCUT2D eigenvalue weighted by Crippen LogP contribution is -2.54. The van der Waals surface area contributed by atoms with Gasteiger partial charge in [0.25, 0.3) is 0 Å². The Labute approximate surface area is 174 Å². The second-order valence-electron chi connectivity index (χ2n) is 6.82. The maximum absolute atomic E-state index is 14.1. The molecular weight excluding hydrogens is 430 g/mol. The zero-order valence-corrected chi connectivity index (χ0v) is 16.4. The first-order valence-electron chi connectivity index (χ1n) is 9.39. The number of epoxide rings is 1. The van der Waals surface area contributed by atoms with Gasteiger partial charge in [0.1, 0.15) is 24.2 Å². The molecule has 0 amide bonds. The predicted molar refractivity (Wildman–Crippen MR) is 98.1 cm³/mol. The number of hydrogen-bond donors (Lipinski definition) is 0. The van der Waals surface area contributed by atoms with Gasteiger partial charge in [0.2, 0.25) is 5.41 Å². The molecule has 31 heavy (non-hydrogen) atoms. The summed E-state index contributed by atoms with van der Waals surface area (Å²) < 4.78 is 105. The summed E-state index contributed by atoms with van der Waals surface area (Å²) >= 11 is 0. The fraction of sp³-hybridized carbons (Fsp3) is 0.429. The Balaban J connectivity index is 1.99. The zero-order valence-electron chi connectivity index (χ0n) is 16.4. The molecule has 0 aliphatic carbocycles. The van der Waals surface area contributed by atoms with Gasteiger partial charge < -0.3 is 18.9 Å². The van der Waals surface area contributed by atoms with Crippen molar-refractivity contribution in [2.75, 3.05) is 26.6 Å². The predicted octanol–water partition coefficient (Wildman–Crippen LogP) is 5.25. The summed E-state index contributed by atoms with van der Waals surface area (Å²) in [5.74, 6) is 0.235. The summed E-state index contributed by atoms with van der Waals surface area (Å²) in [5, 5.41) is 0. The van der Waals surface area contributed by atoms with E-state index in [0.29, 0.717) is 13.2 Å². The Morgan fingerprint density at radius 2 is 1.26 bits per heavy atom. The number of hydrogen-bond acceptors (Lipinski definition) is 4. The first-order chi connectivity index (χ1) is 14.6. The van der Waals surface area contributed by atoms with Crippen LogP contribution in [0.5, 0.6) is 11.5 Å². The van der Waals surface area contributed by atoms with Gasteiger partial charge in [-0.1, -0.05) is 24.3 Å². The highest BCUT2D eigenvalue weighted by Crippen LogP contribution is 2.56. The monoisotopic (exact) mass is 450 g/mol. The van der Waals surface area contributed by atoms with Crippen molar-refractivity contribution in [3.8, 4) is 11.5 Å². The average molecular weight is 450 g/mol. The SMILES string of the molecule is CCOCOc1ccc(C(c2ccc(OCC3CO3)cc2)(C(F)(F)F)C(F)(F)F)cc1. The van der Waals surface area contributed by atoms with Gasteiger partial charge in [0.15, 0.2) is 6.79 Å². The number of halogens is 6. The van der Waals surface area contributed by atoms with Gasteiger partial charge in [-0.05, 0) is 42.3 Å². The molecule has 1 aliphatic rings. The van der Waals surface area contributed by atoms with Crippen molar-refractivity contribution < 1.29 is 45.3 Å². The van der Waals surface area contributed by atoms with E-state index in [4.69, 9.17) is 18.9 Å². The highest BCUT2D eigenvalue weighted by molar-refractivity contribution is 5.47. The van der Waals surface area contributed by atoms with Gasteiger partial charge in [-0.15, -0.1) is 0 Å². The minimum absolute atomic E-state index is 0.0847. The van der Waals surface area contributed by atoms with Crippen LogP contribution >= 0.6 is 0 Å². The Kier molecular flexibility index (Phi) is 6.70. The van der Waals surface area contributed by atoms with Crippen LogP contribution in [-0.4, -0.2) is 45.1 Å². The van der Waals surface area contributed by atoms with Crippen molar-refractivity contribution in [2.24, 2.45) is 0 Å². The third kappa shape index (κ3) is 4.90. The van der Waals surface area contributed by atoms with Crippen LogP contribution in [0.2, 0.25) is 0 Å². The molecule has 4 nitrogen and oxygen atoms in total. The van der Waals surface area contributed by atoms with Crippen LogP contribution in [0, 0.1) is 0 Å². The molecule has 0 N–H and O–H groups in total. The van der Waals surface area contributed by atoms with Gasteiger partial charge in [0.05, 0.1) is 6.61 Å². The van der Waals surface area contributed by atoms with E-state index in [2.05, 4.69) is 0 Å². The first-order valence-corrected chi connectivity index (χ1v) is 9.39. The zero-order chi connectivity index (χ0) is 22.7. The van der Waals surface area contributed by atoms with E-state index < -0.39 is 28.9 Å². The molecule has 0 saturated carbocycles. The van der Waals surface area contributed by atoms with Crippen LogP contribution in [0.15, 0.2) is 48.5 Å². The van der Waals surface area contributed by atoms with Crippen LogP contribution in [0.4, 0.5) is 26.3 Å². The summed E-state index contributed by atoms with van der Waals surface area (Å²) in [6.07, 6.45) is -11.4. The number of ether oxygens (including phenoxy) is 4.